The molecule has 4 nitrogen and oxygen atoms in total. The summed E-state index contributed by atoms with van der Waals surface area (Å²) in [6.45, 7) is 7.18. The Morgan fingerprint density at radius 2 is 1.73 bits per heavy atom. The maximum absolute atomic E-state index is 14.5. The predicted molar refractivity (Wildman–Crippen MR) is 102 cm³/mol. The Bertz CT molecular complexity index is 727. The number of halogens is 1. The fourth-order valence-electron chi connectivity index (χ4n) is 2.17. The lowest BCUT2D eigenvalue weighted by molar-refractivity contribution is -0.0893. The van der Waals surface area contributed by atoms with Gasteiger partial charge in [-0.3, -0.25) is 0 Å². The lowest BCUT2D eigenvalue weighted by atomic mass is 9.82. The molecule has 0 aliphatic heterocycles. The Labute approximate surface area is 155 Å². The molecule has 1 N–H and O–H groups in total. The Morgan fingerprint density at radius 1 is 1.08 bits per heavy atom. The van der Waals surface area contributed by atoms with E-state index in [-0.39, 0.29) is 19.8 Å². The zero-order chi connectivity index (χ0) is 19.4. The van der Waals surface area contributed by atoms with Crippen LogP contribution in [0.3, 0.4) is 0 Å². The number of hydrogen-bond donors (Lipinski definition) is 1. The van der Waals surface area contributed by atoms with E-state index in [1.165, 1.54) is 13.2 Å². The molecule has 0 unspecified atom stereocenters. The Balaban J connectivity index is 2.13. The van der Waals surface area contributed by atoms with Crippen LogP contribution in [-0.4, -0.2) is 30.9 Å². The Hall–Kier alpha value is -2.05. The van der Waals surface area contributed by atoms with Gasteiger partial charge in [0.1, 0.15) is 6.61 Å². The van der Waals surface area contributed by atoms with E-state index in [4.69, 9.17) is 14.1 Å². The zero-order valence-corrected chi connectivity index (χ0v) is 16.0. The molecule has 0 radical (unpaired) electrons. The summed E-state index contributed by atoms with van der Waals surface area (Å²) in [7, 11) is 1.61. The third-order valence-corrected chi connectivity index (χ3v) is 4.59. The summed E-state index contributed by atoms with van der Waals surface area (Å²) in [5.74, 6) is -0.137. The average Bonchev–Trinajstić information content (AvgIpc) is 2.58. The fraction of sp³-hybridized carbons (Fsp3) is 0.400. The van der Waals surface area contributed by atoms with Crippen LogP contribution in [-0.2, 0) is 11.3 Å². The molecule has 0 saturated carbocycles. The SMILES string of the molecule is COc1cc(BOC(C)(C)C(C)(C)O)cc(F)c1OCc1ccccc1. The van der Waals surface area contributed by atoms with Crippen molar-refractivity contribution in [3.05, 3.63) is 53.8 Å². The van der Waals surface area contributed by atoms with Gasteiger partial charge >= 0.3 is 7.48 Å². The van der Waals surface area contributed by atoms with E-state index in [0.29, 0.717) is 11.2 Å². The first kappa shape index (κ1) is 20.3. The van der Waals surface area contributed by atoms with Crippen LogP contribution in [0.5, 0.6) is 11.5 Å². The van der Waals surface area contributed by atoms with Crippen molar-refractivity contribution in [3.63, 3.8) is 0 Å². The van der Waals surface area contributed by atoms with Crippen LogP contribution in [0.15, 0.2) is 42.5 Å². The minimum atomic E-state index is -1.03. The average molecular weight is 360 g/mol. The molecule has 0 aromatic heterocycles. The second kappa shape index (κ2) is 8.10. The summed E-state index contributed by atoms with van der Waals surface area (Å²) >= 11 is 0. The number of methoxy groups -OCH3 is 1. The maximum Gasteiger partial charge on any atom is 0.309 e. The van der Waals surface area contributed by atoms with Gasteiger partial charge in [-0.05, 0) is 50.9 Å². The molecule has 0 fully saturated rings. The summed E-state index contributed by atoms with van der Waals surface area (Å²) in [5, 5.41) is 10.2. The van der Waals surface area contributed by atoms with E-state index in [2.05, 4.69) is 0 Å². The third kappa shape index (κ3) is 4.99. The maximum atomic E-state index is 14.5. The molecule has 2 aromatic carbocycles. The van der Waals surface area contributed by atoms with Crippen molar-refractivity contribution < 1.29 is 23.6 Å². The number of benzene rings is 2. The minimum absolute atomic E-state index is 0.0712. The molecule has 0 amide bonds. The number of hydrogen-bond acceptors (Lipinski definition) is 4. The van der Waals surface area contributed by atoms with Gasteiger partial charge in [-0.1, -0.05) is 30.3 Å². The normalized spacial score (nSPS) is 12.0. The van der Waals surface area contributed by atoms with Crippen LogP contribution in [0.4, 0.5) is 4.39 Å². The van der Waals surface area contributed by atoms with E-state index in [9.17, 15) is 9.50 Å². The van der Waals surface area contributed by atoms with Gasteiger partial charge in [0.15, 0.2) is 17.3 Å². The van der Waals surface area contributed by atoms with Gasteiger partial charge in [-0.2, -0.15) is 0 Å². The zero-order valence-electron chi connectivity index (χ0n) is 16.0. The standard InChI is InChI=1S/C20H26BFO4/c1-19(2,23)20(3,4)26-21-15-11-16(22)18(17(12-15)24-5)25-13-14-9-7-6-8-10-14/h6-12,21,23H,13H2,1-5H3. The smallest absolute Gasteiger partial charge is 0.309 e. The van der Waals surface area contributed by atoms with Crippen molar-refractivity contribution >= 4 is 12.9 Å². The first-order chi connectivity index (χ1) is 12.1. The summed E-state index contributed by atoms with van der Waals surface area (Å²) < 4.78 is 31.2. The molecule has 2 rings (SSSR count). The van der Waals surface area contributed by atoms with Crippen molar-refractivity contribution in [2.75, 3.05) is 7.11 Å². The molecule has 6 heteroatoms. The summed E-state index contributed by atoms with van der Waals surface area (Å²) in [5.41, 5.74) is -0.287. The number of ether oxygens (including phenoxy) is 2. The van der Waals surface area contributed by atoms with Gasteiger partial charge in [0.2, 0.25) is 0 Å². The molecule has 0 bridgehead atoms. The van der Waals surface area contributed by atoms with Gasteiger partial charge in [-0.25, -0.2) is 4.39 Å². The predicted octanol–water partition coefficient (Wildman–Crippen LogP) is 2.96. The number of rotatable bonds is 8. The van der Waals surface area contributed by atoms with E-state index in [0.717, 1.165) is 5.56 Å². The topological polar surface area (TPSA) is 47.9 Å². The van der Waals surface area contributed by atoms with Crippen LogP contribution in [0.2, 0.25) is 0 Å². The highest BCUT2D eigenvalue weighted by atomic mass is 19.1. The lowest BCUT2D eigenvalue weighted by Crippen LogP contribution is -2.49. The second-order valence-electron chi connectivity index (χ2n) is 7.24. The summed E-state index contributed by atoms with van der Waals surface area (Å²) in [6.07, 6.45) is 0. The van der Waals surface area contributed by atoms with Crippen molar-refractivity contribution in [1.82, 2.24) is 0 Å². The quantitative estimate of drug-likeness (QED) is 0.736. The largest absolute Gasteiger partial charge is 0.493 e. The second-order valence-corrected chi connectivity index (χ2v) is 7.24. The molecular formula is C20H26BFO4. The van der Waals surface area contributed by atoms with Crippen LogP contribution in [0, 0.1) is 5.82 Å². The molecular weight excluding hydrogens is 334 g/mol. The molecule has 140 valence electrons. The molecule has 0 saturated heterocycles. The van der Waals surface area contributed by atoms with Crippen molar-refractivity contribution in [3.8, 4) is 11.5 Å². The van der Waals surface area contributed by atoms with Crippen molar-refractivity contribution in [2.24, 2.45) is 0 Å². The minimum Gasteiger partial charge on any atom is -0.493 e. The first-order valence-electron chi connectivity index (χ1n) is 8.53. The van der Waals surface area contributed by atoms with Gasteiger partial charge in [0.25, 0.3) is 0 Å². The van der Waals surface area contributed by atoms with Crippen LogP contribution in [0.1, 0.15) is 33.3 Å². The van der Waals surface area contributed by atoms with Crippen molar-refractivity contribution in [1.29, 1.82) is 0 Å². The monoisotopic (exact) mass is 360 g/mol. The van der Waals surface area contributed by atoms with Gasteiger partial charge in [0, 0.05) is 0 Å². The van der Waals surface area contributed by atoms with E-state index >= 15 is 0 Å². The summed E-state index contributed by atoms with van der Waals surface area (Å²) in [6, 6.07) is 12.6. The van der Waals surface area contributed by atoms with Gasteiger partial charge in [-0.15, -0.1) is 0 Å². The van der Waals surface area contributed by atoms with E-state index in [1.807, 2.05) is 30.3 Å². The molecule has 0 aliphatic carbocycles. The van der Waals surface area contributed by atoms with Gasteiger partial charge < -0.3 is 19.2 Å². The summed E-state index contributed by atoms with van der Waals surface area (Å²) in [4.78, 5) is 0. The van der Waals surface area contributed by atoms with E-state index < -0.39 is 17.0 Å². The first-order valence-corrected chi connectivity index (χ1v) is 8.53. The van der Waals surface area contributed by atoms with Crippen molar-refractivity contribution in [2.45, 2.75) is 45.5 Å². The highest BCUT2D eigenvalue weighted by Gasteiger charge is 2.35. The van der Waals surface area contributed by atoms with Crippen LogP contribution < -0.4 is 14.9 Å². The molecule has 0 spiro atoms. The third-order valence-electron chi connectivity index (χ3n) is 4.59. The molecule has 0 aliphatic rings. The Kier molecular flexibility index (Phi) is 6.32. The lowest BCUT2D eigenvalue weighted by Gasteiger charge is -2.37. The van der Waals surface area contributed by atoms with E-state index in [1.54, 1.807) is 33.8 Å². The molecule has 0 atom stereocenters. The fourth-order valence-corrected chi connectivity index (χ4v) is 2.17. The van der Waals surface area contributed by atoms with Crippen LogP contribution in [0.25, 0.3) is 0 Å². The molecule has 2 aromatic rings. The van der Waals surface area contributed by atoms with Crippen LogP contribution >= 0.6 is 0 Å². The highest BCUT2D eigenvalue weighted by Crippen LogP contribution is 2.30. The highest BCUT2D eigenvalue weighted by molar-refractivity contribution is 6.47. The molecule has 0 heterocycles. The molecule has 26 heavy (non-hydrogen) atoms. The van der Waals surface area contributed by atoms with Gasteiger partial charge in [0.05, 0.1) is 18.3 Å². The Morgan fingerprint density at radius 3 is 2.31 bits per heavy atom. The number of aliphatic hydroxyl groups is 1.